The number of hydrogen-bond donors (Lipinski definition) is 2. The van der Waals surface area contributed by atoms with E-state index in [0.717, 1.165) is 18.7 Å². The minimum Gasteiger partial charge on any atom is -0.435 e. The number of carbonyl (C=O) groups is 1. The Hall–Kier alpha value is -1.69. The smallest absolute Gasteiger partial charge is 0.387 e. The first-order valence-electron chi connectivity index (χ1n) is 8.50. The van der Waals surface area contributed by atoms with Crippen LogP contribution in [0.5, 0.6) is 5.75 Å². The molecule has 1 aliphatic heterocycles. The lowest BCUT2D eigenvalue weighted by Gasteiger charge is -2.28. The van der Waals surface area contributed by atoms with E-state index < -0.39 is 6.61 Å². The lowest BCUT2D eigenvalue weighted by atomic mass is 9.85. The third-order valence-electron chi connectivity index (χ3n) is 4.63. The van der Waals surface area contributed by atoms with Crippen molar-refractivity contribution < 1.29 is 18.3 Å². The van der Waals surface area contributed by atoms with E-state index in [1.807, 2.05) is 6.92 Å². The van der Waals surface area contributed by atoms with E-state index >= 15 is 0 Å². The number of hydrogen-bond acceptors (Lipinski definition) is 3. The van der Waals surface area contributed by atoms with E-state index in [2.05, 4.69) is 22.3 Å². The standard InChI is InChI=1S/C18H26F2N2O2/c1-12(15-4-3-9-21-11-15)10-17(23)22-13(2)14-5-7-16(8-6-14)24-18(19)20/h5-8,12-13,15,18,21H,3-4,9-11H2,1-2H3,(H,22,23). The Balaban J connectivity index is 1.82. The van der Waals surface area contributed by atoms with Crippen LogP contribution in [0.3, 0.4) is 0 Å². The molecule has 2 N–H and O–H groups in total. The molecule has 1 aromatic carbocycles. The highest BCUT2D eigenvalue weighted by Gasteiger charge is 2.22. The van der Waals surface area contributed by atoms with Crippen LogP contribution in [-0.2, 0) is 4.79 Å². The number of benzene rings is 1. The second-order valence-corrected chi connectivity index (χ2v) is 6.52. The van der Waals surface area contributed by atoms with Crippen LogP contribution in [0.2, 0.25) is 0 Å². The molecule has 0 radical (unpaired) electrons. The van der Waals surface area contributed by atoms with Crippen molar-refractivity contribution in [1.82, 2.24) is 10.6 Å². The normalized spacial score (nSPS) is 20.5. The van der Waals surface area contributed by atoms with Crippen molar-refractivity contribution in [3.63, 3.8) is 0 Å². The van der Waals surface area contributed by atoms with Crippen LogP contribution in [0.4, 0.5) is 8.78 Å². The van der Waals surface area contributed by atoms with Crippen LogP contribution >= 0.6 is 0 Å². The highest BCUT2D eigenvalue weighted by molar-refractivity contribution is 5.76. The topological polar surface area (TPSA) is 50.4 Å². The summed E-state index contributed by atoms with van der Waals surface area (Å²) >= 11 is 0. The molecule has 0 aliphatic carbocycles. The molecule has 1 amide bonds. The third-order valence-corrected chi connectivity index (χ3v) is 4.63. The summed E-state index contributed by atoms with van der Waals surface area (Å²) in [5.74, 6) is 1.02. The quantitative estimate of drug-likeness (QED) is 0.799. The summed E-state index contributed by atoms with van der Waals surface area (Å²) in [4.78, 5) is 12.2. The first kappa shape index (κ1) is 18.6. The molecule has 134 valence electrons. The molecule has 3 unspecified atom stereocenters. The van der Waals surface area contributed by atoms with Crippen molar-refractivity contribution in [2.45, 2.75) is 45.8 Å². The van der Waals surface area contributed by atoms with Crippen LogP contribution in [0.25, 0.3) is 0 Å². The van der Waals surface area contributed by atoms with Gasteiger partial charge in [0.1, 0.15) is 5.75 Å². The van der Waals surface area contributed by atoms with Gasteiger partial charge in [0.25, 0.3) is 0 Å². The number of piperidine rings is 1. The molecule has 1 aromatic rings. The average molecular weight is 340 g/mol. The summed E-state index contributed by atoms with van der Waals surface area (Å²) in [7, 11) is 0. The molecule has 0 aromatic heterocycles. The predicted octanol–water partition coefficient (Wildman–Crippen LogP) is 3.49. The van der Waals surface area contributed by atoms with Gasteiger partial charge in [0.15, 0.2) is 0 Å². The SMILES string of the molecule is CC(NC(=O)CC(C)C1CCCNC1)c1ccc(OC(F)F)cc1. The summed E-state index contributed by atoms with van der Waals surface area (Å²) in [5, 5.41) is 6.36. The molecular formula is C18H26F2N2O2. The summed E-state index contributed by atoms with van der Waals surface area (Å²) in [6.45, 7) is 3.23. The first-order valence-corrected chi connectivity index (χ1v) is 8.50. The van der Waals surface area contributed by atoms with Gasteiger partial charge in [-0.05, 0) is 62.4 Å². The van der Waals surface area contributed by atoms with Crippen LogP contribution in [0.1, 0.15) is 44.7 Å². The zero-order valence-electron chi connectivity index (χ0n) is 14.2. The molecule has 4 nitrogen and oxygen atoms in total. The molecule has 1 saturated heterocycles. The Morgan fingerprint density at radius 2 is 2.04 bits per heavy atom. The minimum atomic E-state index is -2.83. The third kappa shape index (κ3) is 5.74. The largest absolute Gasteiger partial charge is 0.435 e. The van der Waals surface area contributed by atoms with E-state index in [9.17, 15) is 13.6 Å². The van der Waals surface area contributed by atoms with E-state index in [-0.39, 0.29) is 17.7 Å². The monoisotopic (exact) mass is 340 g/mol. The number of nitrogens with one attached hydrogen (secondary N) is 2. The number of ether oxygens (including phenoxy) is 1. The van der Waals surface area contributed by atoms with E-state index in [1.54, 1.807) is 12.1 Å². The van der Waals surface area contributed by atoms with Gasteiger partial charge < -0.3 is 15.4 Å². The summed E-state index contributed by atoms with van der Waals surface area (Å²) in [5.41, 5.74) is 0.858. The van der Waals surface area contributed by atoms with Gasteiger partial charge in [-0.1, -0.05) is 19.1 Å². The van der Waals surface area contributed by atoms with Gasteiger partial charge in [-0.3, -0.25) is 4.79 Å². The molecule has 24 heavy (non-hydrogen) atoms. The highest BCUT2D eigenvalue weighted by atomic mass is 19.3. The van der Waals surface area contributed by atoms with Crippen LogP contribution < -0.4 is 15.4 Å². The minimum absolute atomic E-state index is 0.0217. The molecule has 1 fully saturated rings. The van der Waals surface area contributed by atoms with Crippen LogP contribution in [0.15, 0.2) is 24.3 Å². The molecular weight excluding hydrogens is 314 g/mol. The van der Waals surface area contributed by atoms with Gasteiger partial charge in [-0.25, -0.2) is 0 Å². The molecule has 6 heteroatoms. The molecule has 0 spiro atoms. The van der Waals surface area contributed by atoms with Gasteiger partial charge in [0, 0.05) is 6.42 Å². The average Bonchev–Trinajstić information content (AvgIpc) is 2.55. The second-order valence-electron chi connectivity index (χ2n) is 6.52. The van der Waals surface area contributed by atoms with Gasteiger partial charge in [0.05, 0.1) is 6.04 Å². The first-order chi connectivity index (χ1) is 11.5. The van der Waals surface area contributed by atoms with Crippen LogP contribution in [-0.4, -0.2) is 25.6 Å². The number of amides is 1. The van der Waals surface area contributed by atoms with E-state index in [4.69, 9.17) is 0 Å². The number of rotatable bonds is 7. The van der Waals surface area contributed by atoms with Crippen molar-refractivity contribution in [1.29, 1.82) is 0 Å². The molecule has 1 heterocycles. The maximum absolute atomic E-state index is 12.2. The van der Waals surface area contributed by atoms with Crippen LogP contribution in [0, 0.1) is 11.8 Å². The Labute approximate surface area is 142 Å². The number of alkyl halides is 2. The van der Waals surface area contributed by atoms with E-state index in [0.29, 0.717) is 18.3 Å². The zero-order valence-corrected chi connectivity index (χ0v) is 14.2. The van der Waals surface area contributed by atoms with Crippen molar-refractivity contribution in [3.05, 3.63) is 29.8 Å². The van der Waals surface area contributed by atoms with Crippen molar-refractivity contribution in [2.75, 3.05) is 13.1 Å². The Morgan fingerprint density at radius 3 is 2.62 bits per heavy atom. The van der Waals surface area contributed by atoms with Gasteiger partial charge in [0.2, 0.25) is 5.91 Å². The summed E-state index contributed by atoms with van der Waals surface area (Å²) < 4.78 is 28.6. The summed E-state index contributed by atoms with van der Waals surface area (Å²) in [6, 6.07) is 6.18. The molecule has 2 rings (SSSR count). The fraction of sp³-hybridized carbons (Fsp3) is 0.611. The van der Waals surface area contributed by atoms with Crippen molar-refractivity contribution in [2.24, 2.45) is 11.8 Å². The fourth-order valence-corrected chi connectivity index (χ4v) is 3.15. The molecule has 0 saturated carbocycles. The maximum atomic E-state index is 12.2. The molecule has 1 aliphatic rings. The lowest BCUT2D eigenvalue weighted by Crippen LogP contribution is -2.36. The van der Waals surface area contributed by atoms with Crippen molar-refractivity contribution >= 4 is 5.91 Å². The number of halogens is 2. The Kier molecular flexibility index (Phi) is 6.97. The van der Waals surface area contributed by atoms with Gasteiger partial charge in [-0.15, -0.1) is 0 Å². The Morgan fingerprint density at radius 1 is 1.33 bits per heavy atom. The fourth-order valence-electron chi connectivity index (χ4n) is 3.15. The maximum Gasteiger partial charge on any atom is 0.387 e. The lowest BCUT2D eigenvalue weighted by molar-refractivity contribution is -0.123. The Bertz CT molecular complexity index is 516. The predicted molar refractivity (Wildman–Crippen MR) is 89.0 cm³/mol. The van der Waals surface area contributed by atoms with E-state index in [1.165, 1.54) is 25.0 Å². The second kappa shape index (κ2) is 8.97. The molecule has 3 atom stereocenters. The molecule has 0 bridgehead atoms. The summed E-state index contributed by atoms with van der Waals surface area (Å²) in [6.07, 6.45) is 2.84. The zero-order chi connectivity index (χ0) is 17.5. The van der Waals surface area contributed by atoms with Crippen molar-refractivity contribution in [3.8, 4) is 5.75 Å². The van der Waals surface area contributed by atoms with Gasteiger partial charge in [-0.2, -0.15) is 8.78 Å². The van der Waals surface area contributed by atoms with Gasteiger partial charge >= 0.3 is 6.61 Å². The highest BCUT2D eigenvalue weighted by Crippen LogP contribution is 2.23. The number of carbonyl (C=O) groups excluding carboxylic acids is 1.